The van der Waals surface area contributed by atoms with Crippen LogP contribution in [0.3, 0.4) is 0 Å². The average Bonchev–Trinajstić information content (AvgIpc) is 2.39. The molecular formula is C15H12ClNO2. The number of benzene rings is 2. The molecule has 0 saturated carbocycles. The first kappa shape index (κ1) is 13.3. The smallest absolute Gasteiger partial charge is 0.257 e. The fourth-order valence-electron chi connectivity index (χ4n) is 1.63. The van der Waals surface area contributed by atoms with Crippen LogP contribution in [0.25, 0.3) is 0 Å². The average molecular weight is 274 g/mol. The number of hydrogen-bond donors (Lipinski definition) is 1. The van der Waals surface area contributed by atoms with Gasteiger partial charge in [-0.3, -0.25) is 9.59 Å². The number of Topliss-reactive ketones (excluding diaryl/α,β-unsaturated/α-hetero) is 1. The van der Waals surface area contributed by atoms with Crippen molar-refractivity contribution in [1.29, 1.82) is 0 Å². The molecule has 0 fully saturated rings. The van der Waals surface area contributed by atoms with Crippen LogP contribution in [-0.2, 0) is 0 Å². The molecule has 4 heteroatoms. The van der Waals surface area contributed by atoms with E-state index in [2.05, 4.69) is 5.32 Å². The Hall–Kier alpha value is -2.13. The van der Waals surface area contributed by atoms with Crippen LogP contribution in [0.4, 0.5) is 5.69 Å². The normalized spacial score (nSPS) is 10.0. The van der Waals surface area contributed by atoms with Gasteiger partial charge < -0.3 is 5.32 Å². The van der Waals surface area contributed by atoms with Crippen molar-refractivity contribution in [3.05, 3.63) is 64.7 Å². The summed E-state index contributed by atoms with van der Waals surface area (Å²) >= 11 is 5.95. The lowest BCUT2D eigenvalue weighted by atomic mass is 10.1. The van der Waals surface area contributed by atoms with Crippen molar-refractivity contribution in [2.45, 2.75) is 6.92 Å². The number of hydrogen-bond acceptors (Lipinski definition) is 2. The van der Waals surface area contributed by atoms with E-state index in [1.54, 1.807) is 48.5 Å². The molecule has 96 valence electrons. The van der Waals surface area contributed by atoms with Crippen molar-refractivity contribution in [2.24, 2.45) is 0 Å². The van der Waals surface area contributed by atoms with E-state index in [-0.39, 0.29) is 11.7 Å². The number of anilines is 1. The van der Waals surface area contributed by atoms with Gasteiger partial charge in [0.2, 0.25) is 0 Å². The van der Waals surface area contributed by atoms with Crippen molar-refractivity contribution in [2.75, 3.05) is 5.32 Å². The summed E-state index contributed by atoms with van der Waals surface area (Å²) in [5.41, 5.74) is 1.64. The van der Waals surface area contributed by atoms with E-state index in [1.165, 1.54) is 6.92 Å². The van der Waals surface area contributed by atoms with Gasteiger partial charge in [-0.2, -0.15) is 0 Å². The summed E-state index contributed by atoms with van der Waals surface area (Å²) in [6.45, 7) is 1.50. The third-order valence-corrected chi connectivity index (χ3v) is 3.00. The van der Waals surface area contributed by atoms with Gasteiger partial charge in [0.25, 0.3) is 5.91 Å². The molecule has 0 aromatic heterocycles. The van der Waals surface area contributed by atoms with Gasteiger partial charge in [0.05, 0.1) is 10.6 Å². The summed E-state index contributed by atoms with van der Waals surface area (Å²) in [6, 6.07) is 13.5. The molecule has 2 aromatic carbocycles. The minimum Gasteiger partial charge on any atom is -0.322 e. The summed E-state index contributed by atoms with van der Waals surface area (Å²) in [4.78, 5) is 23.1. The number of rotatable bonds is 3. The van der Waals surface area contributed by atoms with Crippen LogP contribution in [-0.4, -0.2) is 11.7 Å². The van der Waals surface area contributed by atoms with E-state index in [9.17, 15) is 9.59 Å². The lowest BCUT2D eigenvalue weighted by Crippen LogP contribution is -2.12. The fourth-order valence-corrected chi connectivity index (χ4v) is 1.85. The molecule has 3 nitrogen and oxygen atoms in total. The van der Waals surface area contributed by atoms with Gasteiger partial charge >= 0.3 is 0 Å². The standard InChI is InChI=1S/C15H12ClNO2/c1-10(18)11-6-8-12(9-7-11)17-15(19)13-4-2-3-5-14(13)16/h2-9H,1H3,(H,17,19). The maximum atomic E-state index is 12.0. The first-order valence-electron chi connectivity index (χ1n) is 5.75. The zero-order valence-electron chi connectivity index (χ0n) is 10.3. The lowest BCUT2D eigenvalue weighted by molar-refractivity contribution is 0.101. The quantitative estimate of drug-likeness (QED) is 0.865. The maximum absolute atomic E-state index is 12.0. The number of carbonyl (C=O) groups excluding carboxylic acids is 2. The third kappa shape index (κ3) is 3.20. The van der Waals surface area contributed by atoms with Crippen molar-refractivity contribution < 1.29 is 9.59 Å². The van der Waals surface area contributed by atoms with Crippen molar-refractivity contribution >= 4 is 29.0 Å². The molecule has 0 heterocycles. The maximum Gasteiger partial charge on any atom is 0.257 e. The first-order valence-corrected chi connectivity index (χ1v) is 6.12. The molecule has 2 aromatic rings. The monoisotopic (exact) mass is 273 g/mol. The summed E-state index contributed by atoms with van der Waals surface area (Å²) in [6.07, 6.45) is 0. The van der Waals surface area contributed by atoms with Crippen LogP contribution < -0.4 is 5.32 Å². The van der Waals surface area contributed by atoms with Crippen LogP contribution in [0.15, 0.2) is 48.5 Å². The third-order valence-electron chi connectivity index (χ3n) is 2.67. The number of amides is 1. The summed E-state index contributed by atoms with van der Waals surface area (Å²) in [5, 5.41) is 3.13. The molecule has 0 aliphatic rings. The molecule has 0 bridgehead atoms. The van der Waals surface area contributed by atoms with Gasteiger partial charge in [0, 0.05) is 11.3 Å². The highest BCUT2D eigenvalue weighted by Gasteiger charge is 2.09. The van der Waals surface area contributed by atoms with E-state index < -0.39 is 0 Å². The number of halogens is 1. The molecule has 0 unspecified atom stereocenters. The Morgan fingerprint density at radius 1 is 1.00 bits per heavy atom. The predicted molar refractivity (Wildman–Crippen MR) is 75.9 cm³/mol. The lowest BCUT2D eigenvalue weighted by Gasteiger charge is -2.07. The van der Waals surface area contributed by atoms with Gasteiger partial charge in [0.15, 0.2) is 5.78 Å². The summed E-state index contributed by atoms with van der Waals surface area (Å²) < 4.78 is 0. The molecule has 0 spiro atoms. The Morgan fingerprint density at radius 3 is 2.21 bits per heavy atom. The molecule has 1 N–H and O–H groups in total. The molecule has 0 aliphatic carbocycles. The van der Waals surface area contributed by atoms with E-state index in [1.807, 2.05) is 0 Å². The second-order valence-electron chi connectivity index (χ2n) is 4.07. The first-order chi connectivity index (χ1) is 9.08. The Kier molecular flexibility index (Phi) is 3.97. The molecule has 0 aliphatic heterocycles. The van der Waals surface area contributed by atoms with Crippen LogP contribution >= 0.6 is 11.6 Å². The second kappa shape index (κ2) is 5.67. The fraction of sp³-hybridized carbons (Fsp3) is 0.0667. The summed E-state index contributed by atoms with van der Waals surface area (Å²) in [5.74, 6) is -0.287. The van der Waals surface area contributed by atoms with Crippen molar-refractivity contribution in [1.82, 2.24) is 0 Å². The molecular weight excluding hydrogens is 262 g/mol. The zero-order valence-corrected chi connectivity index (χ0v) is 11.1. The largest absolute Gasteiger partial charge is 0.322 e. The molecule has 2 rings (SSSR count). The van der Waals surface area contributed by atoms with Crippen molar-refractivity contribution in [3.8, 4) is 0 Å². The Morgan fingerprint density at radius 2 is 1.63 bits per heavy atom. The van der Waals surface area contributed by atoms with E-state index in [0.29, 0.717) is 21.8 Å². The van der Waals surface area contributed by atoms with Crippen LogP contribution in [0.5, 0.6) is 0 Å². The van der Waals surface area contributed by atoms with Gasteiger partial charge in [-0.25, -0.2) is 0 Å². The van der Waals surface area contributed by atoms with Gasteiger partial charge in [-0.1, -0.05) is 23.7 Å². The second-order valence-corrected chi connectivity index (χ2v) is 4.47. The highest BCUT2D eigenvalue weighted by atomic mass is 35.5. The van der Waals surface area contributed by atoms with E-state index >= 15 is 0 Å². The van der Waals surface area contributed by atoms with E-state index in [4.69, 9.17) is 11.6 Å². The van der Waals surface area contributed by atoms with Crippen LogP contribution in [0.2, 0.25) is 5.02 Å². The highest BCUT2D eigenvalue weighted by molar-refractivity contribution is 6.34. The van der Waals surface area contributed by atoms with Gasteiger partial charge in [0.1, 0.15) is 0 Å². The summed E-state index contributed by atoms with van der Waals surface area (Å²) in [7, 11) is 0. The van der Waals surface area contributed by atoms with Crippen LogP contribution in [0, 0.1) is 0 Å². The Labute approximate surface area is 116 Å². The Balaban J connectivity index is 2.15. The molecule has 0 atom stereocenters. The molecule has 0 radical (unpaired) electrons. The Bertz CT molecular complexity index is 620. The predicted octanol–water partition coefficient (Wildman–Crippen LogP) is 3.79. The van der Waals surface area contributed by atoms with Crippen LogP contribution in [0.1, 0.15) is 27.6 Å². The minimum atomic E-state index is -0.277. The highest BCUT2D eigenvalue weighted by Crippen LogP contribution is 2.17. The number of nitrogens with one attached hydrogen (secondary N) is 1. The molecule has 19 heavy (non-hydrogen) atoms. The SMILES string of the molecule is CC(=O)c1ccc(NC(=O)c2ccccc2Cl)cc1. The van der Waals surface area contributed by atoms with Gasteiger partial charge in [-0.15, -0.1) is 0 Å². The number of ketones is 1. The van der Waals surface area contributed by atoms with E-state index in [0.717, 1.165) is 0 Å². The molecule has 1 amide bonds. The molecule has 0 saturated heterocycles. The van der Waals surface area contributed by atoms with Gasteiger partial charge in [-0.05, 0) is 43.3 Å². The zero-order chi connectivity index (χ0) is 13.8. The number of carbonyl (C=O) groups is 2. The van der Waals surface area contributed by atoms with Crippen molar-refractivity contribution in [3.63, 3.8) is 0 Å². The minimum absolute atomic E-state index is 0.0102. The topological polar surface area (TPSA) is 46.2 Å².